The summed E-state index contributed by atoms with van der Waals surface area (Å²) in [6.45, 7) is 4.03. The van der Waals surface area contributed by atoms with Crippen molar-refractivity contribution >= 4 is 16.6 Å². The lowest BCUT2D eigenvalue weighted by Crippen LogP contribution is -2.25. The van der Waals surface area contributed by atoms with Gasteiger partial charge < -0.3 is 9.26 Å². The van der Waals surface area contributed by atoms with E-state index in [0.29, 0.717) is 17.0 Å². The molecular weight excluding hydrogens is 465 g/mol. The molecule has 0 saturated carbocycles. The molecule has 1 atom stereocenters. The molecule has 6 rings (SSSR count). The van der Waals surface area contributed by atoms with Gasteiger partial charge in [-0.15, -0.1) is 0 Å². The number of hydrogen-bond donors (Lipinski definition) is 0. The monoisotopic (exact) mass is 485 g/mol. The molecule has 5 aromatic rings. The van der Waals surface area contributed by atoms with Gasteiger partial charge in [0.15, 0.2) is 5.69 Å². The van der Waals surface area contributed by atoms with Crippen LogP contribution in [0.4, 0.5) is 4.39 Å². The van der Waals surface area contributed by atoms with E-state index in [4.69, 9.17) is 9.26 Å². The second kappa shape index (κ2) is 8.07. The Morgan fingerprint density at radius 3 is 2.81 bits per heavy atom. The minimum absolute atomic E-state index is 0.0233. The van der Waals surface area contributed by atoms with Crippen molar-refractivity contribution in [2.24, 2.45) is 0 Å². The molecule has 1 aliphatic heterocycles. The van der Waals surface area contributed by atoms with Crippen molar-refractivity contribution in [3.63, 3.8) is 0 Å². The minimum Gasteiger partial charge on any atom is -0.364 e. The van der Waals surface area contributed by atoms with Gasteiger partial charge in [0.1, 0.15) is 35.4 Å². The van der Waals surface area contributed by atoms with E-state index in [1.165, 1.54) is 27.4 Å². The van der Waals surface area contributed by atoms with E-state index in [2.05, 4.69) is 20.1 Å². The molecule has 1 fully saturated rings. The van der Waals surface area contributed by atoms with Gasteiger partial charge in [-0.1, -0.05) is 11.2 Å². The van der Waals surface area contributed by atoms with Crippen molar-refractivity contribution < 1.29 is 13.7 Å². The van der Waals surface area contributed by atoms with Crippen LogP contribution in [0.5, 0.6) is 0 Å². The first-order valence-electron chi connectivity index (χ1n) is 11.4. The Balaban J connectivity index is 1.57. The lowest BCUT2D eigenvalue weighted by Gasteiger charge is -2.17. The summed E-state index contributed by atoms with van der Waals surface area (Å²) in [5.74, 6) is -0.260. The smallest absolute Gasteiger partial charge is 0.279 e. The molecule has 180 valence electrons. The first kappa shape index (κ1) is 22.1. The van der Waals surface area contributed by atoms with E-state index in [9.17, 15) is 14.4 Å². The fourth-order valence-corrected chi connectivity index (χ4v) is 4.68. The molecule has 11 heteroatoms. The van der Waals surface area contributed by atoms with Crippen LogP contribution in [0.1, 0.15) is 49.9 Å². The van der Waals surface area contributed by atoms with Crippen molar-refractivity contribution in [1.82, 2.24) is 29.1 Å². The van der Waals surface area contributed by atoms with Gasteiger partial charge in [0, 0.05) is 6.20 Å². The van der Waals surface area contributed by atoms with Crippen LogP contribution in [0.25, 0.3) is 28.1 Å². The fraction of sp³-hybridized carbons (Fsp3) is 0.280. The van der Waals surface area contributed by atoms with E-state index in [0.717, 1.165) is 12.8 Å². The van der Waals surface area contributed by atoms with Crippen LogP contribution >= 0.6 is 0 Å². The van der Waals surface area contributed by atoms with Crippen LogP contribution in [0.15, 0.2) is 52.2 Å². The maximum Gasteiger partial charge on any atom is 0.279 e. The Bertz CT molecular complexity index is 1730. The number of rotatable bonds is 4. The molecule has 0 amide bonds. The molecule has 0 radical (unpaired) electrons. The SMILES string of the molecule is CC1(C)CCC(c2noc(-c3ncn4c3c(=O)n(Cc3ccccn3)c3c(C#N)c(F)ccc34)n2)O1. The van der Waals surface area contributed by atoms with Crippen LogP contribution in [-0.4, -0.2) is 34.7 Å². The minimum atomic E-state index is -0.722. The Kier molecular flexibility index (Phi) is 4.94. The number of aromatic nitrogens is 6. The third-order valence-electron chi connectivity index (χ3n) is 6.41. The number of pyridine rings is 1. The lowest BCUT2D eigenvalue weighted by atomic mass is 10.1. The summed E-state index contributed by atoms with van der Waals surface area (Å²) >= 11 is 0. The zero-order valence-corrected chi connectivity index (χ0v) is 19.5. The van der Waals surface area contributed by atoms with Gasteiger partial charge in [-0.3, -0.25) is 18.7 Å². The highest BCUT2D eigenvalue weighted by Gasteiger charge is 2.35. The maximum atomic E-state index is 14.6. The Morgan fingerprint density at radius 1 is 1.22 bits per heavy atom. The Morgan fingerprint density at radius 2 is 2.08 bits per heavy atom. The van der Waals surface area contributed by atoms with Crippen LogP contribution in [0.2, 0.25) is 0 Å². The molecule has 1 saturated heterocycles. The van der Waals surface area contributed by atoms with Crippen molar-refractivity contribution in [1.29, 1.82) is 5.26 Å². The summed E-state index contributed by atoms with van der Waals surface area (Å²) in [5.41, 5.74) is 0.487. The maximum absolute atomic E-state index is 14.6. The largest absolute Gasteiger partial charge is 0.364 e. The highest BCUT2D eigenvalue weighted by Crippen LogP contribution is 2.38. The Hall–Kier alpha value is -4.43. The predicted molar refractivity (Wildman–Crippen MR) is 125 cm³/mol. The second-order valence-corrected chi connectivity index (χ2v) is 9.29. The van der Waals surface area contributed by atoms with E-state index >= 15 is 0 Å². The van der Waals surface area contributed by atoms with Crippen molar-refractivity contribution in [2.75, 3.05) is 0 Å². The molecule has 10 nitrogen and oxygen atoms in total. The summed E-state index contributed by atoms with van der Waals surface area (Å²) < 4.78 is 29.0. The molecule has 5 heterocycles. The molecule has 0 bridgehead atoms. The number of fused-ring (bicyclic) bond motifs is 3. The predicted octanol–water partition coefficient (Wildman–Crippen LogP) is 3.78. The van der Waals surface area contributed by atoms with Gasteiger partial charge in [0.05, 0.1) is 28.9 Å². The standard InChI is InChI=1S/C25H20FN7O3/c1-25(2)9-8-18(35-25)22-30-23(36-31-22)19-21-24(34)32(12-14-5-3-4-10-28-14)20-15(11-27)16(26)6-7-17(20)33(21)13-29-19/h3-7,10,13,18H,8-9,12H2,1-2H3. The molecule has 36 heavy (non-hydrogen) atoms. The first-order valence-corrected chi connectivity index (χ1v) is 11.4. The number of halogens is 1. The number of nitriles is 1. The van der Waals surface area contributed by atoms with E-state index in [1.807, 2.05) is 19.9 Å². The van der Waals surface area contributed by atoms with E-state index in [-0.39, 0.29) is 46.4 Å². The zero-order chi connectivity index (χ0) is 25.0. The van der Waals surface area contributed by atoms with Crippen molar-refractivity contribution in [2.45, 2.75) is 44.9 Å². The number of imidazole rings is 1. The third-order valence-corrected chi connectivity index (χ3v) is 6.41. The summed E-state index contributed by atoms with van der Waals surface area (Å²) in [5, 5.41) is 13.8. The van der Waals surface area contributed by atoms with Gasteiger partial charge in [-0.2, -0.15) is 10.2 Å². The van der Waals surface area contributed by atoms with Gasteiger partial charge in [0.25, 0.3) is 11.4 Å². The Labute approximate surface area is 203 Å². The van der Waals surface area contributed by atoms with Gasteiger partial charge in [0.2, 0.25) is 5.82 Å². The topological polar surface area (TPSA) is 124 Å². The highest BCUT2D eigenvalue weighted by molar-refractivity contribution is 5.87. The van der Waals surface area contributed by atoms with Gasteiger partial charge in [-0.25, -0.2) is 9.37 Å². The number of nitrogens with zero attached hydrogens (tertiary/aromatic N) is 7. The molecular formula is C25H20FN7O3. The van der Waals surface area contributed by atoms with E-state index < -0.39 is 11.4 Å². The number of benzene rings is 1. The average molecular weight is 485 g/mol. The summed E-state index contributed by atoms with van der Waals surface area (Å²) in [6, 6.07) is 9.88. The average Bonchev–Trinajstić information content (AvgIpc) is 3.60. The van der Waals surface area contributed by atoms with Crippen molar-refractivity contribution in [3.05, 3.63) is 76.1 Å². The quantitative estimate of drug-likeness (QED) is 0.377. The zero-order valence-electron chi connectivity index (χ0n) is 19.5. The van der Waals surface area contributed by atoms with Crippen LogP contribution in [0, 0.1) is 17.1 Å². The lowest BCUT2D eigenvalue weighted by molar-refractivity contribution is -0.0207. The summed E-state index contributed by atoms with van der Waals surface area (Å²) in [6.07, 6.45) is 4.33. The molecule has 0 N–H and O–H groups in total. The summed E-state index contributed by atoms with van der Waals surface area (Å²) in [4.78, 5) is 27.0. The van der Waals surface area contributed by atoms with Crippen LogP contribution in [-0.2, 0) is 11.3 Å². The third kappa shape index (κ3) is 3.46. The van der Waals surface area contributed by atoms with Gasteiger partial charge >= 0.3 is 0 Å². The molecule has 4 aromatic heterocycles. The molecule has 0 spiro atoms. The fourth-order valence-electron chi connectivity index (χ4n) is 4.68. The molecule has 0 aliphatic carbocycles. The second-order valence-electron chi connectivity index (χ2n) is 9.29. The first-order chi connectivity index (χ1) is 17.4. The summed E-state index contributed by atoms with van der Waals surface area (Å²) in [7, 11) is 0. The van der Waals surface area contributed by atoms with Crippen LogP contribution < -0.4 is 5.56 Å². The van der Waals surface area contributed by atoms with Crippen LogP contribution in [0.3, 0.4) is 0 Å². The molecule has 1 unspecified atom stereocenters. The normalized spacial score (nSPS) is 17.1. The van der Waals surface area contributed by atoms with Crippen molar-refractivity contribution in [3.8, 4) is 17.7 Å². The number of hydrogen-bond acceptors (Lipinski definition) is 8. The van der Waals surface area contributed by atoms with E-state index in [1.54, 1.807) is 24.4 Å². The molecule has 1 aliphatic rings. The molecule has 1 aromatic carbocycles. The highest BCUT2D eigenvalue weighted by atomic mass is 19.1. The van der Waals surface area contributed by atoms with Gasteiger partial charge in [-0.05, 0) is 51.0 Å². The number of ether oxygens (including phenoxy) is 1.